The molecule has 2 rings (SSSR count). The number of nitrogens with one attached hydrogen (secondary N) is 1. The standard InChI is InChI=1S/C19H25N3O4/c1-4-5-6-7-8-9-16-17(19(24)21(2)3)18(23)14-12-13(22(25)26)10-11-15(14)20-16/h10-12H,4-9H2,1-3H3,(H,20,23). The van der Waals surface area contributed by atoms with Gasteiger partial charge in [-0.1, -0.05) is 32.6 Å². The number of non-ortho nitro benzene ring substituents is 1. The van der Waals surface area contributed by atoms with E-state index in [1.54, 1.807) is 14.1 Å². The molecule has 0 bridgehead atoms. The van der Waals surface area contributed by atoms with Crippen LogP contribution in [0.1, 0.15) is 55.1 Å². The summed E-state index contributed by atoms with van der Waals surface area (Å²) < 4.78 is 0. The molecule has 0 saturated carbocycles. The Morgan fingerprint density at radius 3 is 2.50 bits per heavy atom. The van der Waals surface area contributed by atoms with Crippen molar-refractivity contribution in [3.8, 4) is 0 Å². The number of rotatable bonds is 8. The molecule has 1 N–H and O–H groups in total. The highest BCUT2D eigenvalue weighted by Crippen LogP contribution is 2.20. The van der Waals surface area contributed by atoms with Gasteiger partial charge in [-0.15, -0.1) is 0 Å². The van der Waals surface area contributed by atoms with Crippen molar-refractivity contribution in [1.29, 1.82) is 0 Å². The Morgan fingerprint density at radius 2 is 1.88 bits per heavy atom. The van der Waals surface area contributed by atoms with Crippen molar-refractivity contribution in [1.82, 2.24) is 9.88 Å². The molecule has 26 heavy (non-hydrogen) atoms. The van der Waals surface area contributed by atoms with Crippen molar-refractivity contribution >= 4 is 22.5 Å². The van der Waals surface area contributed by atoms with Gasteiger partial charge in [0.2, 0.25) is 5.43 Å². The highest BCUT2D eigenvalue weighted by atomic mass is 16.6. The molecular formula is C19H25N3O4. The van der Waals surface area contributed by atoms with Crippen molar-refractivity contribution < 1.29 is 9.72 Å². The van der Waals surface area contributed by atoms with Crippen LogP contribution < -0.4 is 5.43 Å². The molecule has 0 fully saturated rings. The average Bonchev–Trinajstić information content (AvgIpc) is 2.60. The number of pyridine rings is 1. The Morgan fingerprint density at radius 1 is 1.19 bits per heavy atom. The van der Waals surface area contributed by atoms with Gasteiger partial charge in [-0.3, -0.25) is 19.7 Å². The van der Waals surface area contributed by atoms with Crippen LogP contribution in [0.25, 0.3) is 10.9 Å². The number of aromatic nitrogens is 1. The molecule has 0 atom stereocenters. The summed E-state index contributed by atoms with van der Waals surface area (Å²) in [5.74, 6) is -0.386. The van der Waals surface area contributed by atoms with E-state index in [4.69, 9.17) is 0 Å². The van der Waals surface area contributed by atoms with Crippen LogP contribution in [0.5, 0.6) is 0 Å². The summed E-state index contributed by atoms with van der Waals surface area (Å²) in [6.45, 7) is 2.15. The van der Waals surface area contributed by atoms with Crippen LogP contribution in [-0.2, 0) is 6.42 Å². The van der Waals surface area contributed by atoms with Crippen molar-refractivity contribution in [3.05, 3.63) is 49.8 Å². The first kappa shape index (κ1) is 19.6. The molecule has 1 aromatic heterocycles. The molecule has 7 nitrogen and oxygen atoms in total. The number of carbonyl (C=O) groups is 1. The largest absolute Gasteiger partial charge is 0.358 e. The molecule has 0 spiro atoms. The summed E-state index contributed by atoms with van der Waals surface area (Å²) in [7, 11) is 3.18. The summed E-state index contributed by atoms with van der Waals surface area (Å²) in [6.07, 6.45) is 5.95. The quantitative estimate of drug-likeness (QED) is 0.442. The normalized spacial score (nSPS) is 10.9. The molecule has 0 aliphatic rings. The number of aryl methyl sites for hydroxylation is 1. The maximum Gasteiger partial charge on any atom is 0.270 e. The van der Waals surface area contributed by atoms with Crippen molar-refractivity contribution in [3.63, 3.8) is 0 Å². The van der Waals surface area contributed by atoms with Crippen LogP contribution in [0, 0.1) is 10.1 Å². The lowest BCUT2D eigenvalue weighted by molar-refractivity contribution is -0.384. The maximum atomic E-state index is 12.9. The molecule has 0 aliphatic heterocycles. The van der Waals surface area contributed by atoms with Gasteiger partial charge in [-0.2, -0.15) is 0 Å². The Bertz CT molecular complexity index is 871. The predicted octanol–water partition coefficient (Wildman–Crippen LogP) is 3.65. The van der Waals surface area contributed by atoms with Crippen LogP contribution in [0.3, 0.4) is 0 Å². The molecule has 0 aliphatic carbocycles. The predicted molar refractivity (Wildman–Crippen MR) is 102 cm³/mol. The minimum absolute atomic E-state index is 0.0819. The monoisotopic (exact) mass is 359 g/mol. The number of fused-ring (bicyclic) bond motifs is 1. The smallest absolute Gasteiger partial charge is 0.270 e. The van der Waals surface area contributed by atoms with Crippen LogP contribution in [0.4, 0.5) is 5.69 Å². The minimum atomic E-state index is -0.548. The fourth-order valence-electron chi connectivity index (χ4n) is 2.98. The van der Waals surface area contributed by atoms with E-state index in [0.29, 0.717) is 17.6 Å². The van der Waals surface area contributed by atoms with Gasteiger partial charge in [0.05, 0.1) is 15.8 Å². The lowest BCUT2D eigenvalue weighted by Gasteiger charge is -2.15. The number of hydrogen-bond acceptors (Lipinski definition) is 4. The van der Waals surface area contributed by atoms with Crippen LogP contribution in [-0.4, -0.2) is 34.8 Å². The molecule has 1 heterocycles. The zero-order chi connectivity index (χ0) is 19.3. The summed E-state index contributed by atoms with van der Waals surface area (Å²) in [6, 6.07) is 4.11. The molecular weight excluding hydrogens is 334 g/mol. The van der Waals surface area contributed by atoms with Gasteiger partial charge in [0.15, 0.2) is 0 Å². The fourth-order valence-corrected chi connectivity index (χ4v) is 2.98. The number of unbranched alkanes of at least 4 members (excludes halogenated alkanes) is 4. The van der Waals surface area contributed by atoms with E-state index in [9.17, 15) is 19.7 Å². The first-order valence-electron chi connectivity index (χ1n) is 8.91. The number of H-pyrrole nitrogens is 1. The molecule has 7 heteroatoms. The molecule has 0 radical (unpaired) electrons. The fraction of sp³-hybridized carbons (Fsp3) is 0.474. The van der Waals surface area contributed by atoms with Crippen molar-refractivity contribution in [2.75, 3.05) is 14.1 Å². The van der Waals surface area contributed by atoms with E-state index in [2.05, 4.69) is 11.9 Å². The van der Waals surface area contributed by atoms with E-state index in [-0.39, 0.29) is 22.5 Å². The minimum Gasteiger partial charge on any atom is -0.358 e. The second kappa shape index (κ2) is 8.60. The number of nitro benzene ring substituents is 1. The van der Waals surface area contributed by atoms with Crippen LogP contribution >= 0.6 is 0 Å². The number of aromatic amines is 1. The van der Waals surface area contributed by atoms with Gasteiger partial charge in [-0.25, -0.2) is 0 Å². The number of hydrogen-bond donors (Lipinski definition) is 1. The van der Waals surface area contributed by atoms with E-state index in [0.717, 1.165) is 25.7 Å². The second-order valence-corrected chi connectivity index (χ2v) is 6.66. The molecule has 0 unspecified atom stereocenters. The van der Waals surface area contributed by atoms with Crippen LogP contribution in [0.15, 0.2) is 23.0 Å². The molecule has 1 aromatic carbocycles. The van der Waals surface area contributed by atoms with Crippen molar-refractivity contribution in [2.45, 2.75) is 45.4 Å². The van der Waals surface area contributed by atoms with Gasteiger partial charge in [0.1, 0.15) is 5.56 Å². The number of benzene rings is 1. The third-order valence-corrected chi connectivity index (χ3v) is 4.42. The Kier molecular flexibility index (Phi) is 6.49. The Balaban J connectivity index is 2.50. The topological polar surface area (TPSA) is 96.3 Å². The first-order valence-corrected chi connectivity index (χ1v) is 8.91. The van der Waals surface area contributed by atoms with Crippen LogP contribution in [0.2, 0.25) is 0 Å². The average molecular weight is 359 g/mol. The highest BCUT2D eigenvalue weighted by Gasteiger charge is 2.21. The van der Waals surface area contributed by atoms with Gasteiger partial charge < -0.3 is 9.88 Å². The Labute approximate surface area is 152 Å². The van der Waals surface area contributed by atoms with E-state index >= 15 is 0 Å². The lowest BCUT2D eigenvalue weighted by Crippen LogP contribution is -2.30. The SMILES string of the molecule is CCCCCCCc1[nH]c2ccc([N+](=O)[O-])cc2c(=O)c1C(=O)N(C)C. The molecule has 1 amide bonds. The summed E-state index contributed by atoms with van der Waals surface area (Å²) in [5.41, 5.74) is 0.577. The van der Waals surface area contributed by atoms with Crippen molar-refractivity contribution in [2.24, 2.45) is 0 Å². The molecule has 0 saturated heterocycles. The number of nitro groups is 1. The third kappa shape index (κ3) is 4.28. The summed E-state index contributed by atoms with van der Waals surface area (Å²) >= 11 is 0. The third-order valence-electron chi connectivity index (χ3n) is 4.42. The van der Waals surface area contributed by atoms with E-state index in [1.807, 2.05) is 0 Å². The molecule has 140 valence electrons. The van der Waals surface area contributed by atoms with Gasteiger partial charge in [0, 0.05) is 31.9 Å². The zero-order valence-corrected chi connectivity index (χ0v) is 15.5. The zero-order valence-electron chi connectivity index (χ0n) is 15.5. The highest BCUT2D eigenvalue weighted by molar-refractivity contribution is 5.98. The van der Waals surface area contributed by atoms with E-state index in [1.165, 1.54) is 29.5 Å². The maximum absolute atomic E-state index is 12.9. The number of nitrogens with zero attached hydrogens (tertiary/aromatic N) is 2. The van der Waals surface area contributed by atoms with Gasteiger partial charge >= 0.3 is 0 Å². The van der Waals surface area contributed by atoms with E-state index < -0.39 is 10.4 Å². The molecule has 2 aromatic rings. The van der Waals surface area contributed by atoms with Gasteiger partial charge in [0.25, 0.3) is 11.6 Å². The Hall–Kier alpha value is -2.70. The lowest BCUT2D eigenvalue weighted by atomic mass is 10.0. The summed E-state index contributed by atoms with van der Waals surface area (Å²) in [5, 5.41) is 11.2. The number of amides is 1. The number of carbonyl (C=O) groups excluding carboxylic acids is 1. The second-order valence-electron chi connectivity index (χ2n) is 6.66. The first-order chi connectivity index (χ1) is 12.4. The van der Waals surface area contributed by atoms with Gasteiger partial charge in [-0.05, 0) is 18.9 Å². The summed E-state index contributed by atoms with van der Waals surface area (Å²) in [4.78, 5) is 40.4.